The van der Waals surface area contributed by atoms with Crippen molar-refractivity contribution in [3.8, 4) is 34.1 Å². The van der Waals surface area contributed by atoms with Gasteiger partial charge in [-0.3, -0.25) is 9.59 Å². The second-order valence-electron chi connectivity index (χ2n) is 16.0. The first kappa shape index (κ1) is 41.0. The third-order valence-corrected chi connectivity index (χ3v) is 12.0. The van der Waals surface area contributed by atoms with Gasteiger partial charge in [0.2, 0.25) is 5.78 Å². The minimum Gasteiger partial charge on any atom is -0.485 e. The minimum atomic E-state index is -2.88. The summed E-state index contributed by atoms with van der Waals surface area (Å²) in [4.78, 5) is 60.2. The fourth-order valence-corrected chi connectivity index (χ4v) is 8.95. The molecule has 14 nitrogen and oxygen atoms in total. The second-order valence-corrected chi connectivity index (χ2v) is 16.0. The van der Waals surface area contributed by atoms with Crippen molar-refractivity contribution in [3.05, 3.63) is 149 Å². The fourth-order valence-electron chi connectivity index (χ4n) is 8.95. The number of alkyl carbamates (subject to hydrolysis) is 1. The van der Waals surface area contributed by atoms with Gasteiger partial charge in [-0.1, -0.05) is 60.7 Å². The zero-order chi connectivity index (χ0) is 45.1. The van der Waals surface area contributed by atoms with E-state index >= 15 is 0 Å². The molecule has 4 heterocycles. The number of hydrogen-bond acceptors (Lipinski definition) is 9. The molecule has 2 aromatic heterocycles. The quantitative estimate of drug-likeness (QED) is 0.0801. The lowest BCUT2D eigenvalue weighted by molar-refractivity contribution is -0.119. The monoisotopic (exact) mass is 883 g/mol. The van der Waals surface area contributed by atoms with Crippen LogP contribution < -0.4 is 25.4 Å². The highest BCUT2D eigenvalue weighted by Crippen LogP contribution is 2.45. The van der Waals surface area contributed by atoms with Crippen molar-refractivity contribution in [2.45, 2.75) is 37.8 Å². The number of nitrogens with one attached hydrogen (secondary N) is 2. The van der Waals surface area contributed by atoms with Gasteiger partial charge in [0, 0.05) is 24.8 Å². The summed E-state index contributed by atoms with van der Waals surface area (Å²) in [5.74, 6) is -1.61. The van der Waals surface area contributed by atoms with Gasteiger partial charge in [0.05, 0.1) is 34.9 Å². The summed E-state index contributed by atoms with van der Waals surface area (Å²) in [6, 6.07) is 28.8. The second kappa shape index (κ2) is 16.2. The van der Waals surface area contributed by atoms with Crippen LogP contribution in [0.1, 0.15) is 46.5 Å². The number of rotatable bonds is 12. The number of nitrogen functional groups attached to an aromatic ring is 1. The Labute approximate surface area is 369 Å². The molecular weight excluding hydrogens is 844 g/mol. The molecular formula is C48H40F3N7O7. The van der Waals surface area contributed by atoms with Crippen LogP contribution in [0.4, 0.5) is 34.3 Å². The average molecular weight is 884 g/mol. The van der Waals surface area contributed by atoms with E-state index < -0.39 is 54.7 Å². The number of urea groups is 1. The summed E-state index contributed by atoms with van der Waals surface area (Å²) in [6.45, 7) is 0.823. The number of aryl methyl sites for hydroxylation is 1. The number of ketones is 1. The Morgan fingerprint density at radius 1 is 0.923 bits per heavy atom. The van der Waals surface area contributed by atoms with Crippen LogP contribution >= 0.6 is 0 Å². The van der Waals surface area contributed by atoms with Gasteiger partial charge in [0.1, 0.15) is 36.6 Å². The normalized spacial score (nSPS) is 16.6. The van der Waals surface area contributed by atoms with Gasteiger partial charge in [-0.15, -0.1) is 0 Å². The number of carbonyl (C=O) groups is 4. The van der Waals surface area contributed by atoms with Gasteiger partial charge in [-0.2, -0.15) is 5.10 Å². The fraction of sp³-hybridized carbons (Fsp3) is 0.188. The highest BCUT2D eigenvalue weighted by Gasteiger charge is 2.52. The van der Waals surface area contributed by atoms with E-state index in [9.17, 15) is 32.3 Å². The molecule has 65 heavy (non-hydrogen) atoms. The Hall–Kier alpha value is -8.08. The number of imide groups is 1. The highest BCUT2D eigenvalue weighted by molar-refractivity contribution is 6.23. The van der Waals surface area contributed by atoms with Crippen LogP contribution in [0.2, 0.25) is 0 Å². The number of nitrogens with two attached hydrogens (primary N) is 1. The summed E-state index contributed by atoms with van der Waals surface area (Å²) in [5.41, 5.74) is 12.2. The summed E-state index contributed by atoms with van der Waals surface area (Å²) in [6.07, 6.45) is -2.17. The van der Waals surface area contributed by atoms with E-state index in [1.54, 1.807) is 37.3 Å². The number of halogens is 3. The topological polar surface area (TPSA) is 174 Å². The van der Waals surface area contributed by atoms with Crippen molar-refractivity contribution in [1.29, 1.82) is 0 Å². The van der Waals surface area contributed by atoms with Gasteiger partial charge < -0.3 is 35.1 Å². The number of hydrogen-bond donors (Lipinski definition) is 3. The van der Waals surface area contributed by atoms with E-state index in [1.807, 2.05) is 48.5 Å². The Bertz CT molecular complexity index is 3020. The Morgan fingerprint density at radius 2 is 1.65 bits per heavy atom. The number of nitrogens with zero attached hydrogens (tertiary/aromatic N) is 4. The number of anilines is 2. The molecule has 4 N–H and O–H groups in total. The van der Waals surface area contributed by atoms with Crippen LogP contribution in [0, 0.1) is 12.7 Å². The summed E-state index contributed by atoms with van der Waals surface area (Å²) in [7, 11) is 0. The lowest BCUT2D eigenvalue weighted by atomic mass is 9.98. The summed E-state index contributed by atoms with van der Waals surface area (Å²) < 4.78 is 59.4. The van der Waals surface area contributed by atoms with Gasteiger partial charge in [0.15, 0.2) is 11.6 Å². The molecule has 330 valence electrons. The van der Waals surface area contributed by atoms with E-state index in [4.69, 9.17) is 19.9 Å². The van der Waals surface area contributed by atoms with Crippen molar-refractivity contribution in [3.63, 3.8) is 0 Å². The van der Waals surface area contributed by atoms with Gasteiger partial charge in [0.25, 0.3) is 12.3 Å². The Balaban J connectivity index is 0.00000548. The molecule has 3 aliphatic rings. The first-order chi connectivity index (χ1) is 31.4. The van der Waals surface area contributed by atoms with Crippen molar-refractivity contribution < 1.29 is 48.0 Å². The van der Waals surface area contributed by atoms with Crippen molar-refractivity contribution >= 4 is 46.2 Å². The largest absolute Gasteiger partial charge is 0.485 e. The molecule has 0 radical (unpaired) electrons. The first-order valence-electron chi connectivity index (χ1n) is 20.7. The molecule has 2 fully saturated rings. The van der Waals surface area contributed by atoms with Crippen LogP contribution in [-0.2, 0) is 9.53 Å². The number of alkyl halides is 2. The zero-order valence-electron chi connectivity index (χ0n) is 34.5. The smallest absolute Gasteiger partial charge is 0.407 e. The number of fused-ring (bicyclic) bond motifs is 5. The molecule has 5 aromatic carbocycles. The van der Waals surface area contributed by atoms with Crippen LogP contribution in [0.5, 0.6) is 17.2 Å². The lowest BCUT2D eigenvalue weighted by Gasteiger charge is -2.21. The molecule has 7 aromatic rings. The SMILES string of the molecule is Cc1cc(Oc2ccccc2F)ccc1-n1ncc(C(=O)c2cc3cc(OCC(F)F)c(N4C(=O)C5CC(NC(=O)OCC6c7ccccc7-c7ccccc76)CN5C4=O)cc3[nH]2)c1N.[HH]. The van der Waals surface area contributed by atoms with Gasteiger partial charge >= 0.3 is 12.1 Å². The number of aromatic amines is 1. The summed E-state index contributed by atoms with van der Waals surface area (Å²) in [5, 5.41) is 7.51. The van der Waals surface area contributed by atoms with E-state index in [-0.39, 0.29) is 61.2 Å². The van der Waals surface area contributed by atoms with E-state index in [0.717, 1.165) is 27.2 Å². The van der Waals surface area contributed by atoms with Crippen LogP contribution in [0.25, 0.3) is 27.7 Å². The molecule has 0 spiro atoms. The third kappa shape index (κ3) is 7.33. The summed E-state index contributed by atoms with van der Waals surface area (Å²) >= 11 is 0. The molecule has 2 saturated heterocycles. The number of amides is 4. The number of benzene rings is 5. The molecule has 1 aliphatic carbocycles. The number of para-hydroxylation sites is 1. The third-order valence-electron chi connectivity index (χ3n) is 12.0. The zero-order valence-corrected chi connectivity index (χ0v) is 34.5. The molecule has 2 aliphatic heterocycles. The van der Waals surface area contributed by atoms with Crippen molar-refractivity contribution in [1.82, 2.24) is 25.0 Å². The molecule has 4 amide bonds. The van der Waals surface area contributed by atoms with Gasteiger partial charge in [-0.05, 0) is 89.7 Å². The van der Waals surface area contributed by atoms with Crippen molar-refractivity contribution in [2.75, 3.05) is 30.4 Å². The Kier molecular flexibility index (Phi) is 10.2. The van der Waals surface area contributed by atoms with E-state index in [2.05, 4.69) is 15.4 Å². The van der Waals surface area contributed by atoms with Crippen molar-refractivity contribution in [2.24, 2.45) is 0 Å². The van der Waals surface area contributed by atoms with Crippen LogP contribution in [-0.4, -0.2) is 81.7 Å². The molecule has 10 rings (SSSR count). The maximum atomic E-state index is 14.2. The molecule has 0 bridgehead atoms. The lowest BCUT2D eigenvalue weighted by Crippen LogP contribution is -2.41. The molecule has 2 atom stereocenters. The van der Waals surface area contributed by atoms with E-state index in [0.29, 0.717) is 27.9 Å². The molecule has 0 saturated carbocycles. The first-order valence-corrected chi connectivity index (χ1v) is 20.7. The van der Waals surface area contributed by atoms with Crippen LogP contribution in [0.3, 0.4) is 0 Å². The number of H-pyrrole nitrogens is 1. The molecule has 17 heteroatoms. The predicted molar refractivity (Wildman–Crippen MR) is 235 cm³/mol. The number of ether oxygens (including phenoxy) is 3. The Morgan fingerprint density at radius 3 is 2.35 bits per heavy atom. The average Bonchev–Trinajstić information content (AvgIpc) is 4.11. The maximum Gasteiger partial charge on any atom is 0.407 e. The highest BCUT2D eigenvalue weighted by atomic mass is 19.3. The standard InChI is InChI=1S/C48H38F3N7O7.H2/c1-25-16-28(65-41-13-7-6-12-35(41)49)14-15-38(25)58-45(52)33(21-53-58)44(59)37-17-26-18-42(63-24-43(50)51)39(20-36(26)55-37)57-46(60)40-19-27(22-56(40)48(57)62)54-47(61)64-23-34-31-10-4-2-8-29(31)30-9-3-5-11-32(30)34;/h2-18,20-21,27,34,40,43,55H,19,22-24,52H2,1H3,(H,54,61);1H. The number of carbonyl (C=O) groups excluding carboxylic acids is 4. The maximum absolute atomic E-state index is 14.2. The number of aromatic nitrogens is 3. The minimum absolute atomic E-state index is 0. The van der Waals surface area contributed by atoms with Gasteiger partial charge in [-0.25, -0.2) is 32.3 Å². The predicted octanol–water partition coefficient (Wildman–Crippen LogP) is 8.74. The molecule has 2 unspecified atom stereocenters. The van der Waals surface area contributed by atoms with E-state index in [1.165, 1.54) is 46.1 Å². The van der Waals surface area contributed by atoms with Crippen LogP contribution in [0.15, 0.2) is 115 Å².